The third kappa shape index (κ3) is 119. The minimum atomic E-state index is -4.64. The Morgan fingerprint density at radius 3 is 1.38 bits per heavy atom. The standard InChI is InChI=1S/CH5N.K.H3O4P.H/c1-2;;1-5(2,3)4;/h2H2,1H3;;(H3,1,2,3,4);/q;+1;;-1. The van der Waals surface area contributed by atoms with Gasteiger partial charge in [0.1, 0.15) is 0 Å². The first-order valence-electron chi connectivity index (χ1n) is 1.36. The molecular weight excluding hydrogens is 160 g/mol. The molecule has 7 heteroatoms. The smallest absolute Gasteiger partial charge is 1.00 e. The Morgan fingerprint density at radius 2 is 1.38 bits per heavy atom. The van der Waals surface area contributed by atoms with Crippen LogP contribution in [0.2, 0.25) is 0 Å². The molecule has 0 rings (SSSR count). The summed E-state index contributed by atoms with van der Waals surface area (Å²) in [5.41, 5.74) is 4.50. The third-order valence-corrected chi connectivity index (χ3v) is 0. The Balaban J connectivity index is -0.0000000286. The third-order valence-electron chi connectivity index (χ3n) is 0. The topological polar surface area (TPSA) is 104 Å². The van der Waals surface area contributed by atoms with Gasteiger partial charge in [-0.3, -0.25) is 0 Å². The van der Waals surface area contributed by atoms with E-state index in [1.165, 1.54) is 7.05 Å². The van der Waals surface area contributed by atoms with Crippen molar-refractivity contribution in [2.24, 2.45) is 5.73 Å². The van der Waals surface area contributed by atoms with E-state index in [9.17, 15) is 0 Å². The van der Waals surface area contributed by atoms with E-state index >= 15 is 0 Å². The molecule has 0 aliphatic carbocycles. The van der Waals surface area contributed by atoms with Crippen molar-refractivity contribution in [2.75, 3.05) is 7.05 Å². The van der Waals surface area contributed by atoms with Crippen molar-refractivity contribution in [3.63, 3.8) is 0 Å². The van der Waals surface area contributed by atoms with Crippen LogP contribution >= 0.6 is 7.82 Å². The Bertz CT molecular complexity index is 66.7. The summed E-state index contributed by atoms with van der Waals surface area (Å²) >= 11 is 0. The van der Waals surface area contributed by atoms with E-state index in [0.717, 1.165) is 0 Å². The van der Waals surface area contributed by atoms with Crippen LogP contribution in [-0.2, 0) is 4.57 Å². The largest absolute Gasteiger partial charge is 1.00 e. The van der Waals surface area contributed by atoms with E-state index in [0.29, 0.717) is 0 Å². The molecule has 0 amide bonds. The van der Waals surface area contributed by atoms with E-state index in [-0.39, 0.29) is 52.8 Å². The zero-order valence-corrected chi connectivity index (χ0v) is 8.79. The van der Waals surface area contributed by atoms with Crippen LogP contribution < -0.4 is 57.1 Å². The van der Waals surface area contributed by atoms with Crippen LogP contribution in [0.25, 0.3) is 0 Å². The van der Waals surface area contributed by atoms with Gasteiger partial charge in [-0.15, -0.1) is 0 Å². The molecule has 0 aromatic rings. The zero-order chi connectivity index (χ0) is 6.50. The molecule has 0 radical (unpaired) electrons. The molecule has 0 aliphatic heterocycles. The van der Waals surface area contributed by atoms with Gasteiger partial charge in [-0.2, -0.15) is 0 Å². The van der Waals surface area contributed by atoms with Gasteiger partial charge in [0.05, 0.1) is 0 Å². The first kappa shape index (κ1) is 16.4. The molecule has 0 saturated carbocycles. The molecule has 0 bridgehead atoms. The van der Waals surface area contributed by atoms with E-state index in [1.807, 2.05) is 0 Å². The van der Waals surface area contributed by atoms with Gasteiger partial charge in [0.25, 0.3) is 0 Å². The van der Waals surface area contributed by atoms with E-state index in [4.69, 9.17) is 19.2 Å². The minimum absolute atomic E-state index is 0. The fourth-order valence-electron chi connectivity index (χ4n) is 0. The SMILES string of the molecule is CN.O=P(O)(O)O.[H-].[K+]. The van der Waals surface area contributed by atoms with Crippen LogP contribution in [0.1, 0.15) is 1.43 Å². The van der Waals surface area contributed by atoms with Crippen LogP contribution in [0.4, 0.5) is 0 Å². The van der Waals surface area contributed by atoms with Gasteiger partial charge in [0, 0.05) is 0 Å². The quantitative estimate of drug-likeness (QED) is 0.217. The predicted octanol–water partition coefficient (Wildman–Crippen LogP) is -4.24. The molecule has 8 heavy (non-hydrogen) atoms. The van der Waals surface area contributed by atoms with Gasteiger partial charge in [-0.05, 0) is 7.05 Å². The van der Waals surface area contributed by atoms with Crippen molar-refractivity contribution in [1.29, 1.82) is 0 Å². The molecular formula is CH9KNO4P. The Labute approximate surface area is 91.4 Å². The summed E-state index contributed by atoms with van der Waals surface area (Å²) < 4.78 is 8.88. The normalized spacial score (nSPS) is 8.12. The number of nitrogens with two attached hydrogens (primary N) is 1. The van der Waals surface area contributed by atoms with E-state index < -0.39 is 7.82 Å². The summed E-state index contributed by atoms with van der Waals surface area (Å²) in [6.07, 6.45) is 0. The van der Waals surface area contributed by atoms with E-state index in [2.05, 4.69) is 5.73 Å². The fraction of sp³-hybridized carbons (Fsp3) is 1.00. The van der Waals surface area contributed by atoms with Crippen LogP contribution in [0.3, 0.4) is 0 Å². The maximum absolute atomic E-state index is 8.88. The molecule has 5 nitrogen and oxygen atoms in total. The average Bonchev–Trinajstić information content (AvgIpc) is 1.36. The number of hydrogen-bond acceptors (Lipinski definition) is 2. The second-order valence-corrected chi connectivity index (χ2v) is 1.54. The Kier molecular flexibility index (Phi) is 17.8. The number of hydrogen-bond donors (Lipinski definition) is 4. The number of phosphoric acid groups is 1. The maximum Gasteiger partial charge on any atom is 1.00 e. The summed E-state index contributed by atoms with van der Waals surface area (Å²) in [4.78, 5) is 21.6. The van der Waals surface area contributed by atoms with Crippen LogP contribution in [0.5, 0.6) is 0 Å². The molecule has 0 aromatic heterocycles. The molecule has 0 atom stereocenters. The Hall–Kier alpha value is 1.71. The van der Waals surface area contributed by atoms with Gasteiger partial charge < -0.3 is 21.8 Å². The molecule has 0 aromatic carbocycles. The summed E-state index contributed by atoms with van der Waals surface area (Å²) in [5.74, 6) is 0. The van der Waals surface area contributed by atoms with Crippen molar-refractivity contribution in [1.82, 2.24) is 0 Å². The molecule has 0 fully saturated rings. The van der Waals surface area contributed by atoms with Crippen LogP contribution in [0, 0.1) is 0 Å². The van der Waals surface area contributed by atoms with Crippen molar-refractivity contribution in [3.05, 3.63) is 0 Å². The van der Waals surface area contributed by atoms with Crippen molar-refractivity contribution >= 4 is 7.82 Å². The van der Waals surface area contributed by atoms with Gasteiger partial charge in [0.15, 0.2) is 0 Å². The summed E-state index contributed by atoms with van der Waals surface area (Å²) in [6.45, 7) is 0. The predicted molar refractivity (Wildman–Crippen MR) is 25.5 cm³/mol. The van der Waals surface area contributed by atoms with Gasteiger partial charge in [-0.25, -0.2) is 4.57 Å². The van der Waals surface area contributed by atoms with Crippen LogP contribution in [-0.4, -0.2) is 21.7 Å². The Morgan fingerprint density at radius 1 is 1.38 bits per heavy atom. The fourth-order valence-corrected chi connectivity index (χ4v) is 0. The molecule has 0 aliphatic rings. The van der Waals surface area contributed by atoms with Crippen molar-refractivity contribution in [3.8, 4) is 0 Å². The zero-order valence-electron chi connectivity index (χ0n) is 5.77. The molecule has 0 spiro atoms. The molecule has 0 saturated heterocycles. The van der Waals surface area contributed by atoms with Crippen LogP contribution in [0.15, 0.2) is 0 Å². The molecule has 0 unspecified atom stereocenters. The van der Waals surface area contributed by atoms with Gasteiger partial charge in [-0.1, -0.05) is 0 Å². The minimum Gasteiger partial charge on any atom is -1.00 e. The van der Waals surface area contributed by atoms with E-state index in [1.54, 1.807) is 0 Å². The second kappa shape index (κ2) is 8.71. The second-order valence-electron chi connectivity index (χ2n) is 0.513. The summed E-state index contributed by atoms with van der Waals surface area (Å²) in [5, 5.41) is 0. The monoisotopic (exact) mass is 169 g/mol. The number of rotatable bonds is 0. The maximum atomic E-state index is 8.88. The average molecular weight is 169 g/mol. The molecule has 48 valence electrons. The van der Waals surface area contributed by atoms with Gasteiger partial charge >= 0.3 is 59.2 Å². The molecule has 0 heterocycles. The first-order chi connectivity index (χ1) is 3.00. The summed E-state index contributed by atoms with van der Waals surface area (Å²) in [7, 11) is -3.14. The molecule has 5 N–H and O–H groups in total. The van der Waals surface area contributed by atoms with Crippen molar-refractivity contribution in [2.45, 2.75) is 0 Å². The van der Waals surface area contributed by atoms with Gasteiger partial charge in [0.2, 0.25) is 0 Å². The first-order valence-corrected chi connectivity index (χ1v) is 2.93. The van der Waals surface area contributed by atoms with Crippen molar-refractivity contribution < 1.29 is 72.1 Å². The summed E-state index contributed by atoms with van der Waals surface area (Å²) in [6, 6.07) is 0.